The van der Waals surface area contributed by atoms with E-state index >= 15 is 0 Å². The van der Waals surface area contributed by atoms with E-state index in [2.05, 4.69) is 25.4 Å². The molecule has 11 heavy (non-hydrogen) atoms. The minimum atomic E-state index is 0.819. The zero-order valence-electron chi connectivity index (χ0n) is 7.47. The van der Waals surface area contributed by atoms with Crippen LogP contribution in [0.3, 0.4) is 0 Å². The van der Waals surface area contributed by atoms with Gasteiger partial charge in [0.1, 0.15) is 0 Å². The van der Waals surface area contributed by atoms with E-state index in [1.165, 1.54) is 0 Å². The first kappa shape index (κ1) is 13.0. The van der Waals surface area contributed by atoms with Gasteiger partial charge in [-0.25, -0.2) is 0 Å². The highest BCUT2D eigenvalue weighted by molar-refractivity contribution is 4.75. The summed E-state index contributed by atoms with van der Waals surface area (Å²) in [4.78, 5) is 0. The molecule has 0 spiro atoms. The third-order valence-electron chi connectivity index (χ3n) is 0.866. The Morgan fingerprint density at radius 1 is 1.27 bits per heavy atom. The van der Waals surface area contributed by atoms with E-state index in [1.54, 1.807) is 0 Å². The summed E-state index contributed by atoms with van der Waals surface area (Å²) < 4.78 is 0. The Hall–Kier alpha value is -0.600. The third-order valence-corrected chi connectivity index (χ3v) is 0.866. The van der Waals surface area contributed by atoms with Crippen molar-refractivity contribution in [2.75, 3.05) is 19.6 Å². The lowest BCUT2D eigenvalue weighted by Gasteiger charge is -1.90. The van der Waals surface area contributed by atoms with Gasteiger partial charge in [0.2, 0.25) is 0 Å². The van der Waals surface area contributed by atoms with Gasteiger partial charge in [0, 0.05) is 13.1 Å². The molecule has 3 N–H and O–H groups in total. The zero-order valence-corrected chi connectivity index (χ0v) is 7.47. The van der Waals surface area contributed by atoms with Gasteiger partial charge in [0.15, 0.2) is 0 Å². The van der Waals surface area contributed by atoms with Crippen LogP contribution in [-0.2, 0) is 0 Å². The molecule has 0 unspecified atom stereocenters. The molecule has 0 aliphatic rings. The van der Waals surface area contributed by atoms with Crippen LogP contribution >= 0.6 is 0 Å². The molecular weight excluding hydrogens is 136 g/mol. The second-order valence-corrected chi connectivity index (χ2v) is 2.02. The highest BCUT2D eigenvalue weighted by atomic mass is 14.8. The number of rotatable bonds is 5. The SMILES string of the molecule is C=CCNCC=C.CCCN. The molecule has 0 atom stereocenters. The molecule has 0 amide bonds. The van der Waals surface area contributed by atoms with Crippen LogP contribution < -0.4 is 11.1 Å². The normalized spacial score (nSPS) is 7.82. The van der Waals surface area contributed by atoms with E-state index in [4.69, 9.17) is 5.73 Å². The molecule has 0 heterocycles. The van der Waals surface area contributed by atoms with E-state index in [0.29, 0.717) is 0 Å². The largest absolute Gasteiger partial charge is 0.330 e. The van der Waals surface area contributed by atoms with Gasteiger partial charge in [0.25, 0.3) is 0 Å². The molecule has 0 saturated carbocycles. The number of hydrogen-bond donors (Lipinski definition) is 2. The highest BCUT2D eigenvalue weighted by Crippen LogP contribution is 1.59. The molecular formula is C9H20N2. The average Bonchev–Trinajstić information content (AvgIpc) is 2.06. The van der Waals surface area contributed by atoms with Gasteiger partial charge in [-0.15, -0.1) is 13.2 Å². The van der Waals surface area contributed by atoms with Crippen molar-refractivity contribution in [1.82, 2.24) is 5.32 Å². The summed E-state index contributed by atoms with van der Waals surface area (Å²) in [7, 11) is 0. The monoisotopic (exact) mass is 156 g/mol. The van der Waals surface area contributed by atoms with Crippen LogP contribution in [0.4, 0.5) is 0 Å². The van der Waals surface area contributed by atoms with Crippen LogP contribution in [0.5, 0.6) is 0 Å². The molecule has 0 bridgehead atoms. The van der Waals surface area contributed by atoms with Crippen molar-refractivity contribution < 1.29 is 0 Å². The van der Waals surface area contributed by atoms with Crippen LogP contribution in [0.1, 0.15) is 13.3 Å². The predicted octanol–water partition coefficient (Wildman–Crippen LogP) is 1.30. The van der Waals surface area contributed by atoms with Crippen molar-refractivity contribution in [3.05, 3.63) is 25.3 Å². The molecule has 0 saturated heterocycles. The predicted molar refractivity (Wildman–Crippen MR) is 52.6 cm³/mol. The Bertz CT molecular complexity index is 69.6. The topological polar surface area (TPSA) is 38.0 Å². The van der Waals surface area contributed by atoms with Gasteiger partial charge in [-0.05, 0) is 13.0 Å². The number of hydrogen-bond acceptors (Lipinski definition) is 2. The van der Waals surface area contributed by atoms with E-state index in [9.17, 15) is 0 Å². The van der Waals surface area contributed by atoms with Crippen LogP contribution in [-0.4, -0.2) is 19.6 Å². The first-order chi connectivity index (χ1) is 5.33. The molecule has 0 rings (SSSR count). The average molecular weight is 156 g/mol. The molecule has 66 valence electrons. The fraction of sp³-hybridized carbons (Fsp3) is 0.556. The first-order valence-electron chi connectivity index (χ1n) is 3.96. The molecule has 0 radical (unpaired) electrons. The maximum atomic E-state index is 5.03. The van der Waals surface area contributed by atoms with E-state index in [-0.39, 0.29) is 0 Å². The second kappa shape index (κ2) is 16.2. The van der Waals surface area contributed by atoms with E-state index < -0.39 is 0 Å². The van der Waals surface area contributed by atoms with Crippen LogP contribution in [0, 0.1) is 0 Å². The van der Waals surface area contributed by atoms with Gasteiger partial charge >= 0.3 is 0 Å². The zero-order chi connectivity index (χ0) is 8.95. The summed E-state index contributed by atoms with van der Waals surface area (Å²) in [5.74, 6) is 0. The van der Waals surface area contributed by atoms with Gasteiger partial charge in [-0.1, -0.05) is 19.1 Å². The molecule has 0 aromatic carbocycles. The van der Waals surface area contributed by atoms with Gasteiger partial charge < -0.3 is 11.1 Å². The summed E-state index contributed by atoms with van der Waals surface area (Å²) in [5.41, 5.74) is 5.03. The minimum Gasteiger partial charge on any atom is -0.330 e. The van der Waals surface area contributed by atoms with Crippen molar-refractivity contribution >= 4 is 0 Å². The summed E-state index contributed by atoms with van der Waals surface area (Å²) in [6, 6.07) is 0. The van der Waals surface area contributed by atoms with Crippen LogP contribution in [0.2, 0.25) is 0 Å². The van der Waals surface area contributed by atoms with E-state index in [1.807, 2.05) is 12.2 Å². The summed E-state index contributed by atoms with van der Waals surface area (Å²) in [6.45, 7) is 11.7. The Morgan fingerprint density at radius 2 is 1.64 bits per heavy atom. The third kappa shape index (κ3) is 26.6. The fourth-order valence-electron chi connectivity index (χ4n) is 0.287. The maximum absolute atomic E-state index is 5.03. The van der Waals surface area contributed by atoms with Crippen molar-refractivity contribution in [3.8, 4) is 0 Å². The molecule has 0 aromatic rings. The maximum Gasteiger partial charge on any atom is 0.0135 e. The minimum absolute atomic E-state index is 0.819. The molecule has 2 heteroatoms. The Labute approximate surface area is 70.2 Å². The standard InChI is InChI=1S/C6H11N.C3H9N/c1-3-5-7-6-4-2;1-2-3-4/h3-4,7H,1-2,5-6H2;2-4H2,1H3. The van der Waals surface area contributed by atoms with Crippen molar-refractivity contribution in [1.29, 1.82) is 0 Å². The van der Waals surface area contributed by atoms with E-state index in [0.717, 1.165) is 26.1 Å². The second-order valence-electron chi connectivity index (χ2n) is 2.02. The van der Waals surface area contributed by atoms with Crippen molar-refractivity contribution in [2.45, 2.75) is 13.3 Å². The molecule has 0 aliphatic heterocycles. The lowest BCUT2D eigenvalue weighted by molar-refractivity contribution is 0.845. The lowest BCUT2D eigenvalue weighted by atomic mass is 10.5. The van der Waals surface area contributed by atoms with Gasteiger partial charge in [-0.3, -0.25) is 0 Å². The molecule has 2 nitrogen and oxygen atoms in total. The van der Waals surface area contributed by atoms with Gasteiger partial charge in [0.05, 0.1) is 0 Å². The molecule has 0 fully saturated rings. The summed E-state index contributed by atoms with van der Waals surface area (Å²) >= 11 is 0. The fourth-order valence-corrected chi connectivity index (χ4v) is 0.287. The highest BCUT2D eigenvalue weighted by Gasteiger charge is 1.69. The Balaban J connectivity index is 0. The lowest BCUT2D eigenvalue weighted by Crippen LogP contribution is -2.11. The van der Waals surface area contributed by atoms with Crippen LogP contribution in [0.25, 0.3) is 0 Å². The first-order valence-corrected chi connectivity index (χ1v) is 3.96. The Kier molecular flexibility index (Phi) is 19.2. The smallest absolute Gasteiger partial charge is 0.0135 e. The van der Waals surface area contributed by atoms with Crippen LogP contribution in [0.15, 0.2) is 25.3 Å². The van der Waals surface area contributed by atoms with Crippen molar-refractivity contribution in [2.24, 2.45) is 5.73 Å². The number of nitrogens with two attached hydrogens (primary N) is 1. The quantitative estimate of drug-likeness (QED) is 0.465. The van der Waals surface area contributed by atoms with Crippen molar-refractivity contribution in [3.63, 3.8) is 0 Å². The molecule has 0 aliphatic carbocycles. The summed E-state index contributed by atoms with van der Waals surface area (Å²) in [5, 5.41) is 3.05. The Morgan fingerprint density at radius 3 is 1.82 bits per heavy atom. The molecule has 0 aromatic heterocycles. The van der Waals surface area contributed by atoms with Gasteiger partial charge in [-0.2, -0.15) is 0 Å². The summed E-state index contributed by atoms with van der Waals surface area (Å²) in [6.07, 6.45) is 4.74. The number of nitrogens with one attached hydrogen (secondary N) is 1.